The molecule has 0 saturated heterocycles. The molecule has 2 aromatic rings. The number of carbonyl (C=O) groups is 3. The van der Waals surface area contributed by atoms with Crippen LogP contribution in [0, 0.1) is 0 Å². The largest absolute Gasteiger partial charge is 0.480 e. The first-order valence-corrected chi connectivity index (χ1v) is 8.60. The van der Waals surface area contributed by atoms with Gasteiger partial charge in [0.15, 0.2) is 6.10 Å². The zero-order chi connectivity index (χ0) is 19.2. The average molecular weight is 368 g/mol. The van der Waals surface area contributed by atoms with Gasteiger partial charge < -0.3 is 20.5 Å². The summed E-state index contributed by atoms with van der Waals surface area (Å²) >= 11 is 0. The van der Waals surface area contributed by atoms with Gasteiger partial charge in [-0.2, -0.15) is 0 Å². The van der Waals surface area contributed by atoms with Crippen molar-refractivity contribution in [1.29, 1.82) is 0 Å². The third-order valence-electron chi connectivity index (χ3n) is 4.25. The fourth-order valence-corrected chi connectivity index (χ4v) is 2.95. The van der Waals surface area contributed by atoms with E-state index in [0.717, 1.165) is 23.1 Å². The highest BCUT2D eigenvalue weighted by atomic mass is 16.5. The number of benzene rings is 2. The minimum absolute atomic E-state index is 0.0701. The van der Waals surface area contributed by atoms with Crippen molar-refractivity contribution < 1.29 is 24.2 Å². The lowest BCUT2D eigenvalue weighted by Gasteiger charge is -2.25. The summed E-state index contributed by atoms with van der Waals surface area (Å²) in [6.07, 6.45) is 0.218. The quantitative estimate of drug-likeness (QED) is 0.720. The lowest BCUT2D eigenvalue weighted by molar-refractivity contribution is -0.137. The Morgan fingerprint density at radius 3 is 2.56 bits per heavy atom. The van der Waals surface area contributed by atoms with Gasteiger partial charge in [0.2, 0.25) is 5.91 Å². The van der Waals surface area contributed by atoms with Crippen molar-refractivity contribution in [1.82, 2.24) is 5.32 Å². The van der Waals surface area contributed by atoms with Crippen LogP contribution in [0.25, 0.3) is 0 Å². The monoisotopic (exact) mass is 368 g/mol. The highest BCUT2D eigenvalue weighted by Crippen LogP contribution is 2.28. The summed E-state index contributed by atoms with van der Waals surface area (Å²) in [5.74, 6) is -1.71. The second kappa shape index (κ2) is 8.46. The van der Waals surface area contributed by atoms with E-state index in [9.17, 15) is 14.4 Å². The number of carbonyl (C=O) groups excluding carboxylic acids is 2. The Hall–Kier alpha value is -3.19. The molecule has 3 rings (SSSR count). The molecule has 0 bridgehead atoms. The molecule has 27 heavy (non-hydrogen) atoms. The van der Waals surface area contributed by atoms with Gasteiger partial charge in [-0.05, 0) is 35.2 Å². The van der Waals surface area contributed by atoms with E-state index in [1.807, 2.05) is 24.3 Å². The standard InChI is InChI=1S/C20H20N2O5/c23-17(21-12-18(24)25)11-13-5-7-15(8-6-13)22-20(26)19-16-4-2-1-3-14(16)9-10-27-19/h1-8,19H,9-12H2,(H,21,23)(H,22,26)(H,24,25). The Morgan fingerprint density at radius 1 is 1.07 bits per heavy atom. The van der Waals surface area contributed by atoms with Crippen molar-refractivity contribution in [3.63, 3.8) is 0 Å². The van der Waals surface area contributed by atoms with Crippen LogP contribution in [-0.2, 0) is 32.0 Å². The Bertz CT molecular complexity index is 848. The van der Waals surface area contributed by atoms with Crippen molar-refractivity contribution in [2.24, 2.45) is 0 Å². The second-order valence-corrected chi connectivity index (χ2v) is 6.23. The van der Waals surface area contributed by atoms with Crippen LogP contribution >= 0.6 is 0 Å². The van der Waals surface area contributed by atoms with Crippen molar-refractivity contribution >= 4 is 23.5 Å². The van der Waals surface area contributed by atoms with Crippen LogP contribution < -0.4 is 10.6 Å². The topological polar surface area (TPSA) is 105 Å². The number of hydrogen-bond donors (Lipinski definition) is 3. The molecule has 3 N–H and O–H groups in total. The molecule has 1 unspecified atom stereocenters. The fraction of sp³-hybridized carbons (Fsp3) is 0.250. The van der Waals surface area contributed by atoms with Crippen LogP contribution in [0.2, 0.25) is 0 Å². The summed E-state index contributed by atoms with van der Waals surface area (Å²) in [6, 6.07) is 14.6. The lowest BCUT2D eigenvalue weighted by atomic mass is 9.97. The molecular weight excluding hydrogens is 348 g/mol. The van der Waals surface area contributed by atoms with Crippen LogP contribution in [0.15, 0.2) is 48.5 Å². The zero-order valence-corrected chi connectivity index (χ0v) is 14.6. The highest BCUT2D eigenvalue weighted by Gasteiger charge is 2.27. The van der Waals surface area contributed by atoms with Crippen LogP contribution in [0.5, 0.6) is 0 Å². The summed E-state index contributed by atoms with van der Waals surface area (Å²) in [5, 5.41) is 13.7. The zero-order valence-electron chi connectivity index (χ0n) is 14.6. The lowest BCUT2D eigenvalue weighted by Crippen LogP contribution is -2.30. The van der Waals surface area contributed by atoms with E-state index >= 15 is 0 Å². The molecule has 140 valence electrons. The predicted molar refractivity (Wildman–Crippen MR) is 98.3 cm³/mol. The summed E-state index contributed by atoms with van der Waals surface area (Å²) in [6.45, 7) is 0.0926. The second-order valence-electron chi connectivity index (χ2n) is 6.23. The van der Waals surface area contributed by atoms with Crippen molar-refractivity contribution in [3.8, 4) is 0 Å². The summed E-state index contributed by atoms with van der Waals surface area (Å²) in [5.41, 5.74) is 3.32. The van der Waals surface area contributed by atoms with Crippen LogP contribution in [0.3, 0.4) is 0 Å². The molecular formula is C20H20N2O5. The van der Waals surface area contributed by atoms with Gasteiger partial charge in [-0.1, -0.05) is 36.4 Å². The predicted octanol–water partition coefficient (Wildman–Crippen LogP) is 1.68. The molecule has 1 heterocycles. The van der Waals surface area contributed by atoms with E-state index in [2.05, 4.69) is 10.6 Å². The third-order valence-corrected chi connectivity index (χ3v) is 4.25. The number of hydrogen-bond acceptors (Lipinski definition) is 4. The number of aliphatic carboxylic acids is 1. The summed E-state index contributed by atoms with van der Waals surface area (Å²) in [4.78, 5) is 34.7. The number of carboxylic acids is 1. The Balaban J connectivity index is 1.59. The van der Waals surface area contributed by atoms with Gasteiger partial charge in [0.1, 0.15) is 6.54 Å². The van der Waals surface area contributed by atoms with E-state index in [1.165, 1.54) is 0 Å². The van der Waals surface area contributed by atoms with E-state index in [-0.39, 0.29) is 18.2 Å². The number of anilines is 1. The highest BCUT2D eigenvalue weighted by molar-refractivity contribution is 5.95. The number of amides is 2. The molecule has 0 aromatic heterocycles. The Labute approximate surface area is 156 Å². The van der Waals surface area contributed by atoms with E-state index < -0.39 is 18.6 Å². The molecule has 2 amide bonds. The molecule has 7 nitrogen and oxygen atoms in total. The van der Waals surface area contributed by atoms with Gasteiger partial charge in [0, 0.05) is 5.69 Å². The molecule has 0 fully saturated rings. The maximum Gasteiger partial charge on any atom is 0.322 e. The van der Waals surface area contributed by atoms with Gasteiger partial charge in [-0.3, -0.25) is 14.4 Å². The molecule has 7 heteroatoms. The average Bonchev–Trinajstić information content (AvgIpc) is 2.67. The third kappa shape index (κ3) is 4.92. The van der Waals surface area contributed by atoms with Gasteiger partial charge in [-0.25, -0.2) is 0 Å². The van der Waals surface area contributed by atoms with Crippen LogP contribution in [-0.4, -0.2) is 36.0 Å². The molecule has 1 atom stereocenters. The van der Waals surface area contributed by atoms with Crippen molar-refractivity contribution in [3.05, 3.63) is 65.2 Å². The minimum atomic E-state index is -1.09. The molecule has 0 radical (unpaired) electrons. The van der Waals surface area contributed by atoms with Crippen LogP contribution in [0.1, 0.15) is 22.8 Å². The number of nitrogens with one attached hydrogen (secondary N) is 2. The smallest absolute Gasteiger partial charge is 0.322 e. The minimum Gasteiger partial charge on any atom is -0.480 e. The maximum atomic E-state index is 12.6. The van der Waals surface area contributed by atoms with Crippen LogP contribution in [0.4, 0.5) is 5.69 Å². The van der Waals surface area contributed by atoms with E-state index in [0.29, 0.717) is 12.3 Å². The number of ether oxygens (including phenoxy) is 1. The molecule has 0 saturated carbocycles. The molecule has 0 aliphatic carbocycles. The normalized spacial score (nSPS) is 15.5. The van der Waals surface area contributed by atoms with Gasteiger partial charge in [-0.15, -0.1) is 0 Å². The number of fused-ring (bicyclic) bond motifs is 1. The molecule has 0 spiro atoms. The molecule has 2 aromatic carbocycles. The SMILES string of the molecule is O=C(O)CNC(=O)Cc1ccc(NC(=O)C2OCCc3ccccc32)cc1. The van der Waals surface area contributed by atoms with Gasteiger partial charge in [0.25, 0.3) is 5.91 Å². The van der Waals surface area contributed by atoms with E-state index in [1.54, 1.807) is 24.3 Å². The van der Waals surface area contributed by atoms with Crippen molar-refractivity contribution in [2.45, 2.75) is 18.9 Å². The van der Waals surface area contributed by atoms with Gasteiger partial charge in [0.05, 0.1) is 13.0 Å². The molecule has 1 aliphatic rings. The van der Waals surface area contributed by atoms with Gasteiger partial charge >= 0.3 is 5.97 Å². The van der Waals surface area contributed by atoms with Crippen molar-refractivity contribution in [2.75, 3.05) is 18.5 Å². The Morgan fingerprint density at radius 2 is 1.81 bits per heavy atom. The number of rotatable bonds is 6. The maximum absolute atomic E-state index is 12.6. The summed E-state index contributed by atoms with van der Waals surface area (Å²) in [7, 11) is 0. The first-order chi connectivity index (χ1) is 13.0. The Kier molecular flexibility index (Phi) is 5.83. The first-order valence-electron chi connectivity index (χ1n) is 8.60. The van der Waals surface area contributed by atoms with E-state index in [4.69, 9.17) is 9.84 Å². The fourth-order valence-electron chi connectivity index (χ4n) is 2.95. The number of carboxylic acid groups (broad SMARTS) is 1. The first kappa shape index (κ1) is 18.6. The molecule has 1 aliphatic heterocycles. The summed E-state index contributed by atoms with van der Waals surface area (Å²) < 4.78 is 5.65.